The van der Waals surface area contributed by atoms with Gasteiger partial charge in [0.2, 0.25) is 0 Å². The molecule has 3 rings (SSSR count). The highest BCUT2D eigenvalue weighted by atomic mass is 19.4. The van der Waals surface area contributed by atoms with Crippen LogP contribution in [0.2, 0.25) is 0 Å². The third-order valence-electron chi connectivity index (χ3n) is 4.73. The summed E-state index contributed by atoms with van der Waals surface area (Å²) in [7, 11) is 0. The topological polar surface area (TPSA) is 78.8 Å². The van der Waals surface area contributed by atoms with Gasteiger partial charge in [0.1, 0.15) is 11.3 Å². The Labute approximate surface area is 155 Å². The van der Waals surface area contributed by atoms with Crippen molar-refractivity contribution in [2.24, 2.45) is 5.41 Å². The summed E-state index contributed by atoms with van der Waals surface area (Å²) in [6, 6.07) is 2.57. The molecular weight excluding hydrogens is 365 g/mol. The number of anilines is 1. The summed E-state index contributed by atoms with van der Waals surface area (Å²) >= 11 is 0. The number of aromatic nitrogens is 2. The monoisotopic (exact) mass is 388 g/mol. The highest BCUT2D eigenvalue weighted by Crippen LogP contribution is 2.41. The van der Waals surface area contributed by atoms with E-state index in [0.717, 1.165) is 12.5 Å². The molecule has 0 aliphatic carbocycles. The number of carbonyl (C=O) groups is 1. The van der Waals surface area contributed by atoms with E-state index >= 15 is 0 Å². The second-order valence-electron chi connectivity index (χ2n) is 8.27. The van der Waals surface area contributed by atoms with E-state index in [1.54, 1.807) is 4.90 Å². The molecule has 3 heterocycles. The van der Waals surface area contributed by atoms with E-state index in [2.05, 4.69) is 10.2 Å². The standard InChI is InChI=1S/C17H23F3N4O3/c1-15(2,3)27-14(26)24-9-16(10-24)6-7-23(8-16)12-5-4-11(21-22-12)13(25)17(18,19)20/h4-5,13,25H,6-10H2,1-3H3. The fourth-order valence-electron chi connectivity index (χ4n) is 3.43. The molecule has 1 aromatic heterocycles. The molecule has 27 heavy (non-hydrogen) atoms. The average Bonchev–Trinajstić information content (AvgIpc) is 2.96. The molecule has 1 N–H and O–H groups in total. The van der Waals surface area contributed by atoms with E-state index in [9.17, 15) is 23.1 Å². The molecule has 1 unspecified atom stereocenters. The predicted octanol–water partition coefficient (Wildman–Crippen LogP) is 2.52. The number of rotatable bonds is 2. The Morgan fingerprint density at radius 2 is 1.89 bits per heavy atom. The van der Waals surface area contributed by atoms with Gasteiger partial charge in [0.05, 0.1) is 0 Å². The first kappa shape index (κ1) is 19.7. The number of nitrogens with zero attached hydrogens (tertiary/aromatic N) is 4. The van der Waals surface area contributed by atoms with E-state index in [-0.39, 0.29) is 11.5 Å². The quantitative estimate of drug-likeness (QED) is 0.839. The van der Waals surface area contributed by atoms with Crippen LogP contribution in [0.15, 0.2) is 12.1 Å². The van der Waals surface area contributed by atoms with Gasteiger partial charge in [-0.05, 0) is 39.3 Å². The van der Waals surface area contributed by atoms with Crippen LogP contribution < -0.4 is 4.90 Å². The summed E-state index contributed by atoms with van der Waals surface area (Å²) in [6.45, 7) is 7.93. The van der Waals surface area contributed by atoms with Gasteiger partial charge in [0.15, 0.2) is 11.9 Å². The number of alkyl halides is 3. The Bertz CT molecular complexity index is 697. The Morgan fingerprint density at radius 3 is 2.41 bits per heavy atom. The number of halogens is 3. The summed E-state index contributed by atoms with van der Waals surface area (Å²) in [6.07, 6.45) is -6.90. The predicted molar refractivity (Wildman–Crippen MR) is 90.1 cm³/mol. The van der Waals surface area contributed by atoms with Gasteiger partial charge in [-0.15, -0.1) is 5.10 Å². The molecule has 150 valence electrons. The van der Waals surface area contributed by atoms with Gasteiger partial charge in [-0.3, -0.25) is 0 Å². The lowest BCUT2D eigenvalue weighted by atomic mass is 9.79. The van der Waals surface area contributed by atoms with Crippen molar-refractivity contribution in [1.29, 1.82) is 0 Å². The van der Waals surface area contributed by atoms with Crippen LogP contribution in [0.25, 0.3) is 0 Å². The normalized spacial score (nSPS) is 20.6. The Balaban J connectivity index is 1.57. The fourth-order valence-corrected chi connectivity index (χ4v) is 3.43. The first-order valence-corrected chi connectivity index (χ1v) is 8.70. The van der Waals surface area contributed by atoms with E-state index in [4.69, 9.17) is 4.74 Å². The zero-order valence-corrected chi connectivity index (χ0v) is 15.5. The summed E-state index contributed by atoms with van der Waals surface area (Å²) < 4.78 is 42.9. The van der Waals surface area contributed by atoms with Crippen LogP contribution in [0, 0.1) is 5.41 Å². The lowest BCUT2D eigenvalue weighted by molar-refractivity contribution is -0.208. The number of hydrogen-bond donors (Lipinski definition) is 1. The van der Waals surface area contributed by atoms with Gasteiger partial charge in [-0.2, -0.15) is 18.3 Å². The number of amides is 1. The molecule has 2 saturated heterocycles. The van der Waals surface area contributed by atoms with Crippen molar-refractivity contribution < 1.29 is 27.8 Å². The number of carbonyl (C=O) groups excluding carboxylic acids is 1. The second kappa shape index (κ2) is 6.50. The molecule has 0 saturated carbocycles. The van der Waals surface area contributed by atoms with Gasteiger partial charge < -0.3 is 19.6 Å². The fraction of sp³-hybridized carbons (Fsp3) is 0.706. The zero-order chi connectivity index (χ0) is 20.0. The maximum Gasteiger partial charge on any atom is 0.420 e. The third kappa shape index (κ3) is 4.26. The average molecular weight is 388 g/mol. The van der Waals surface area contributed by atoms with Crippen molar-refractivity contribution in [3.8, 4) is 0 Å². The molecule has 10 heteroatoms. The molecule has 0 radical (unpaired) electrons. The van der Waals surface area contributed by atoms with Crippen molar-refractivity contribution in [3.05, 3.63) is 17.8 Å². The Hall–Kier alpha value is -2.10. The van der Waals surface area contributed by atoms with Gasteiger partial charge in [-0.25, -0.2) is 4.79 Å². The van der Waals surface area contributed by atoms with Gasteiger partial charge in [0, 0.05) is 31.6 Å². The van der Waals surface area contributed by atoms with Crippen molar-refractivity contribution in [1.82, 2.24) is 15.1 Å². The molecule has 1 atom stereocenters. The second-order valence-corrected chi connectivity index (χ2v) is 8.27. The zero-order valence-electron chi connectivity index (χ0n) is 15.5. The Kier molecular flexibility index (Phi) is 4.73. The Morgan fingerprint density at radius 1 is 1.22 bits per heavy atom. The lowest BCUT2D eigenvalue weighted by Gasteiger charge is -2.47. The largest absolute Gasteiger partial charge is 0.444 e. The number of ether oxygens (including phenoxy) is 1. The maximum atomic E-state index is 12.5. The molecular formula is C17H23F3N4O3. The molecule has 1 amide bonds. The number of hydrogen-bond acceptors (Lipinski definition) is 6. The third-order valence-corrected chi connectivity index (χ3v) is 4.73. The molecule has 0 bridgehead atoms. The summed E-state index contributed by atoms with van der Waals surface area (Å²) in [5.41, 5.74) is -1.12. The summed E-state index contributed by atoms with van der Waals surface area (Å²) in [4.78, 5) is 15.7. The van der Waals surface area contributed by atoms with Gasteiger partial charge in [0.25, 0.3) is 0 Å². The summed E-state index contributed by atoms with van der Waals surface area (Å²) in [5, 5.41) is 16.6. The van der Waals surface area contributed by atoms with Crippen LogP contribution in [-0.4, -0.2) is 64.3 Å². The van der Waals surface area contributed by atoms with Crippen LogP contribution >= 0.6 is 0 Å². The highest BCUT2D eigenvalue weighted by molar-refractivity contribution is 5.69. The summed E-state index contributed by atoms with van der Waals surface area (Å²) in [5.74, 6) is 0.459. The highest BCUT2D eigenvalue weighted by Gasteiger charge is 2.50. The van der Waals surface area contributed by atoms with Crippen molar-refractivity contribution >= 4 is 11.9 Å². The minimum Gasteiger partial charge on any atom is -0.444 e. The molecule has 7 nitrogen and oxygen atoms in total. The molecule has 1 spiro atoms. The first-order valence-electron chi connectivity index (χ1n) is 8.70. The van der Waals surface area contributed by atoms with Crippen LogP contribution in [0.4, 0.5) is 23.8 Å². The van der Waals surface area contributed by atoms with Crippen molar-refractivity contribution in [2.75, 3.05) is 31.1 Å². The lowest BCUT2D eigenvalue weighted by Crippen LogP contribution is -2.60. The number of likely N-dealkylation sites (tertiary alicyclic amines) is 1. The van der Waals surface area contributed by atoms with E-state index in [0.29, 0.717) is 32.0 Å². The molecule has 0 aromatic carbocycles. The van der Waals surface area contributed by atoms with Crippen LogP contribution in [0.1, 0.15) is 39.0 Å². The van der Waals surface area contributed by atoms with Crippen LogP contribution in [0.3, 0.4) is 0 Å². The molecule has 1 aromatic rings. The van der Waals surface area contributed by atoms with E-state index in [1.807, 2.05) is 25.7 Å². The smallest absolute Gasteiger partial charge is 0.420 e. The minimum absolute atomic E-state index is 0.0528. The van der Waals surface area contributed by atoms with Gasteiger partial charge in [-0.1, -0.05) is 0 Å². The minimum atomic E-state index is -4.77. The van der Waals surface area contributed by atoms with Gasteiger partial charge >= 0.3 is 12.3 Å². The van der Waals surface area contributed by atoms with Crippen LogP contribution in [-0.2, 0) is 4.74 Å². The molecule has 2 aliphatic rings. The maximum absolute atomic E-state index is 12.5. The molecule has 2 aliphatic heterocycles. The van der Waals surface area contributed by atoms with Crippen LogP contribution in [0.5, 0.6) is 0 Å². The van der Waals surface area contributed by atoms with Crippen molar-refractivity contribution in [2.45, 2.75) is 45.1 Å². The number of aliphatic hydroxyl groups is 1. The van der Waals surface area contributed by atoms with E-state index < -0.39 is 23.6 Å². The van der Waals surface area contributed by atoms with E-state index in [1.165, 1.54) is 6.07 Å². The number of aliphatic hydroxyl groups excluding tert-OH is 1. The van der Waals surface area contributed by atoms with Crippen molar-refractivity contribution in [3.63, 3.8) is 0 Å². The molecule has 2 fully saturated rings. The SMILES string of the molecule is CC(C)(C)OC(=O)N1CC2(CCN(c3ccc(C(O)C(F)(F)F)nn3)C2)C1. The first-order chi connectivity index (χ1) is 12.4.